The predicted octanol–water partition coefficient (Wildman–Crippen LogP) is 0.400. The number of aryl methyl sites for hydroxylation is 2. The van der Waals surface area contributed by atoms with Crippen molar-refractivity contribution in [1.82, 2.24) is 15.6 Å². The molecule has 1 saturated heterocycles. The standard InChI is InChI=1S/C11H15N3O/c1-7-3-4-10(8(2)13-7)11(15)14-9-5-12-6-9/h3-4,9,12H,5-6H2,1-2H3,(H,14,15). The SMILES string of the molecule is Cc1ccc(C(=O)NC2CNC2)c(C)n1. The molecule has 1 amide bonds. The number of nitrogens with zero attached hydrogens (tertiary/aromatic N) is 1. The molecule has 1 aromatic heterocycles. The number of nitrogens with one attached hydrogen (secondary N) is 2. The van der Waals surface area contributed by atoms with Gasteiger partial charge in [0.15, 0.2) is 0 Å². The highest BCUT2D eigenvalue weighted by molar-refractivity contribution is 5.95. The van der Waals surface area contributed by atoms with E-state index >= 15 is 0 Å². The summed E-state index contributed by atoms with van der Waals surface area (Å²) in [4.78, 5) is 16.1. The Morgan fingerprint density at radius 1 is 1.47 bits per heavy atom. The van der Waals surface area contributed by atoms with Crippen LogP contribution in [0.5, 0.6) is 0 Å². The summed E-state index contributed by atoms with van der Waals surface area (Å²) in [6.07, 6.45) is 0. The van der Waals surface area contributed by atoms with Crippen LogP contribution in [0, 0.1) is 13.8 Å². The fraction of sp³-hybridized carbons (Fsp3) is 0.455. The molecule has 1 aliphatic heterocycles. The summed E-state index contributed by atoms with van der Waals surface area (Å²) in [5, 5.41) is 6.06. The highest BCUT2D eigenvalue weighted by atomic mass is 16.1. The maximum absolute atomic E-state index is 11.8. The zero-order chi connectivity index (χ0) is 10.8. The molecule has 1 aromatic rings. The first-order chi connectivity index (χ1) is 7.16. The van der Waals surface area contributed by atoms with Crippen molar-refractivity contribution < 1.29 is 4.79 Å². The predicted molar refractivity (Wildman–Crippen MR) is 57.8 cm³/mol. The maximum Gasteiger partial charge on any atom is 0.253 e. The molecule has 4 heteroatoms. The quantitative estimate of drug-likeness (QED) is 0.735. The summed E-state index contributed by atoms with van der Waals surface area (Å²) in [5.74, 6) is -0.0218. The lowest BCUT2D eigenvalue weighted by atomic mass is 10.1. The van der Waals surface area contributed by atoms with Gasteiger partial charge < -0.3 is 10.6 Å². The second-order valence-corrected chi connectivity index (χ2v) is 3.91. The van der Waals surface area contributed by atoms with Gasteiger partial charge in [0.05, 0.1) is 17.3 Å². The van der Waals surface area contributed by atoms with Gasteiger partial charge in [-0.1, -0.05) is 0 Å². The molecule has 0 spiro atoms. The minimum atomic E-state index is -0.0218. The topological polar surface area (TPSA) is 54.0 Å². The molecule has 0 aliphatic carbocycles. The van der Waals surface area contributed by atoms with Gasteiger partial charge in [-0.2, -0.15) is 0 Å². The molecule has 80 valence electrons. The first-order valence-corrected chi connectivity index (χ1v) is 5.12. The number of carbonyl (C=O) groups excluding carboxylic acids is 1. The highest BCUT2D eigenvalue weighted by Crippen LogP contribution is 2.07. The summed E-state index contributed by atoms with van der Waals surface area (Å²) in [5.41, 5.74) is 2.40. The van der Waals surface area contributed by atoms with Crippen molar-refractivity contribution in [2.45, 2.75) is 19.9 Å². The van der Waals surface area contributed by atoms with Crippen molar-refractivity contribution in [2.75, 3.05) is 13.1 Å². The third-order valence-corrected chi connectivity index (χ3v) is 2.59. The molecule has 2 rings (SSSR count). The number of amides is 1. The van der Waals surface area contributed by atoms with Gasteiger partial charge in [0.25, 0.3) is 5.91 Å². The van der Waals surface area contributed by atoms with Crippen LogP contribution in [0.25, 0.3) is 0 Å². The first-order valence-electron chi connectivity index (χ1n) is 5.12. The molecule has 0 bridgehead atoms. The molecule has 0 radical (unpaired) electrons. The number of pyridine rings is 1. The van der Waals surface area contributed by atoms with Crippen LogP contribution in [0.3, 0.4) is 0 Å². The molecule has 2 N–H and O–H groups in total. The van der Waals surface area contributed by atoms with Crippen molar-refractivity contribution in [3.8, 4) is 0 Å². The molecule has 15 heavy (non-hydrogen) atoms. The van der Waals surface area contributed by atoms with E-state index in [1.807, 2.05) is 26.0 Å². The number of carbonyl (C=O) groups is 1. The maximum atomic E-state index is 11.8. The summed E-state index contributed by atoms with van der Waals surface area (Å²) in [7, 11) is 0. The van der Waals surface area contributed by atoms with Gasteiger partial charge in [0.2, 0.25) is 0 Å². The molecule has 1 fully saturated rings. The summed E-state index contributed by atoms with van der Waals surface area (Å²) < 4.78 is 0. The Labute approximate surface area is 89.1 Å². The molecule has 2 heterocycles. The Bertz CT molecular complexity index is 385. The lowest BCUT2D eigenvalue weighted by molar-refractivity contribution is 0.0923. The zero-order valence-corrected chi connectivity index (χ0v) is 9.00. The summed E-state index contributed by atoms with van der Waals surface area (Å²) in [6.45, 7) is 5.51. The summed E-state index contributed by atoms with van der Waals surface area (Å²) in [6, 6.07) is 3.97. The van der Waals surface area contributed by atoms with Gasteiger partial charge in [-0.05, 0) is 26.0 Å². The zero-order valence-electron chi connectivity index (χ0n) is 9.00. The average molecular weight is 205 g/mol. The van der Waals surface area contributed by atoms with Crippen LogP contribution in [0.1, 0.15) is 21.7 Å². The third kappa shape index (κ3) is 2.15. The number of hydrogen-bond acceptors (Lipinski definition) is 3. The Morgan fingerprint density at radius 2 is 2.20 bits per heavy atom. The van der Waals surface area contributed by atoms with Crippen LogP contribution in [-0.2, 0) is 0 Å². The molecule has 0 saturated carbocycles. The van der Waals surface area contributed by atoms with Crippen LogP contribution >= 0.6 is 0 Å². The number of rotatable bonds is 2. The van der Waals surface area contributed by atoms with Crippen molar-refractivity contribution in [2.24, 2.45) is 0 Å². The van der Waals surface area contributed by atoms with E-state index in [4.69, 9.17) is 0 Å². The molecule has 1 aliphatic rings. The average Bonchev–Trinajstić information content (AvgIpc) is 2.11. The molecule has 0 aromatic carbocycles. The van der Waals surface area contributed by atoms with Gasteiger partial charge in [-0.15, -0.1) is 0 Å². The van der Waals surface area contributed by atoms with Gasteiger partial charge in [0.1, 0.15) is 0 Å². The van der Waals surface area contributed by atoms with Crippen LogP contribution < -0.4 is 10.6 Å². The molecule has 0 unspecified atom stereocenters. The molecular formula is C11H15N3O. The second-order valence-electron chi connectivity index (χ2n) is 3.91. The van der Waals surface area contributed by atoms with Gasteiger partial charge in [-0.3, -0.25) is 9.78 Å². The van der Waals surface area contributed by atoms with E-state index in [1.165, 1.54) is 0 Å². The first kappa shape index (κ1) is 10.1. The minimum absolute atomic E-state index is 0.0218. The van der Waals surface area contributed by atoms with E-state index in [9.17, 15) is 4.79 Å². The van der Waals surface area contributed by atoms with Crippen LogP contribution in [0.15, 0.2) is 12.1 Å². The summed E-state index contributed by atoms with van der Waals surface area (Å²) >= 11 is 0. The van der Waals surface area contributed by atoms with E-state index in [1.54, 1.807) is 0 Å². The molecule has 4 nitrogen and oxygen atoms in total. The normalized spacial score (nSPS) is 15.9. The van der Waals surface area contributed by atoms with Crippen LogP contribution in [0.2, 0.25) is 0 Å². The van der Waals surface area contributed by atoms with E-state index in [-0.39, 0.29) is 11.9 Å². The van der Waals surface area contributed by atoms with Gasteiger partial charge in [0, 0.05) is 18.8 Å². The minimum Gasteiger partial charge on any atom is -0.347 e. The van der Waals surface area contributed by atoms with E-state index in [0.717, 1.165) is 24.5 Å². The second kappa shape index (κ2) is 3.98. The van der Waals surface area contributed by atoms with Gasteiger partial charge >= 0.3 is 0 Å². The van der Waals surface area contributed by atoms with Crippen molar-refractivity contribution in [1.29, 1.82) is 0 Å². The van der Waals surface area contributed by atoms with Crippen molar-refractivity contribution >= 4 is 5.91 Å². The number of aromatic nitrogens is 1. The molecular weight excluding hydrogens is 190 g/mol. The van der Waals surface area contributed by atoms with Crippen molar-refractivity contribution in [3.63, 3.8) is 0 Å². The Kier molecular flexibility index (Phi) is 2.68. The van der Waals surface area contributed by atoms with Gasteiger partial charge in [-0.25, -0.2) is 0 Å². The molecule has 0 atom stereocenters. The largest absolute Gasteiger partial charge is 0.347 e. The fourth-order valence-corrected chi connectivity index (χ4v) is 1.58. The Balaban J connectivity index is 2.10. The lowest BCUT2D eigenvalue weighted by Crippen LogP contribution is -2.57. The van der Waals surface area contributed by atoms with E-state index in [0.29, 0.717) is 5.56 Å². The highest BCUT2D eigenvalue weighted by Gasteiger charge is 2.20. The number of hydrogen-bond donors (Lipinski definition) is 2. The Hall–Kier alpha value is -1.42. The fourth-order valence-electron chi connectivity index (χ4n) is 1.58. The monoisotopic (exact) mass is 205 g/mol. The van der Waals surface area contributed by atoms with E-state index < -0.39 is 0 Å². The smallest absolute Gasteiger partial charge is 0.253 e. The Morgan fingerprint density at radius 3 is 2.73 bits per heavy atom. The van der Waals surface area contributed by atoms with E-state index in [2.05, 4.69) is 15.6 Å². The third-order valence-electron chi connectivity index (χ3n) is 2.59. The van der Waals surface area contributed by atoms with Crippen molar-refractivity contribution in [3.05, 3.63) is 29.1 Å². The van der Waals surface area contributed by atoms with Crippen LogP contribution in [-0.4, -0.2) is 30.0 Å². The lowest BCUT2D eigenvalue weighted by Gasteiger charge is -2.28. The van der Waals surface area contributed by atoms with Crippen LogP contribution in [0.4, 0.5) is 0 Å².